The minimum atomic E-state index is 1.23. The van der Waals surface area contributed by atoms with Gasteiger partial charge >= 0.3 is 0 Å². The van der Waals surface area contributed by atoms with E-state index in [1.165, 1.54) is 186 Å². The minimum absolute atomic E-state index is 1.23. The van der Waals surface area contributed by atoms with Crippen LogP contribution in [0, 0.1) is 0 Å². The van der Waals surface area contributed by atoms with Gasteiger partial charge in [-0.1, -0.05) is 175 Å². The maximum atomic E-state index is 4.24. The van der Waals surface area contributed by atoms with Crippen LogP contribution in [0.2, 0.25) is 0 Å². The van der Waals surface area contributed by atoms with Crippen molar-refractivity contribution in [3.63, 3.8) is 0 Å². The van der Waals surface area contributed by atoms with Crippen molar-refractivity contribution in [2.75, 3.05) is 13.1 Å². The van der Waals surface area contributed by atoms with E-state index in [4.69, 9.17) is 0 Å². The lowest BCUT2D eigenvalue weighted by Gasteiger charge is -2.24. The van der Waals surface area contributed by atoms with E-state index in [1.54, 1.807) is 0 Å². The molecule has 0 aromatic rings. The fourth-order valence-corrected chi connectivity index (χ4v) is 5.13. The molecule has 0 unspecified atom stereocenters. The maximum Gasteiger partial charge on any atom is 0.0174 e. The summed E-state index contributed by atoms with van der Waals surface area (Å²) >= 11 is 0. The molecule has 34 heavy (non-hydrogen) atoms. The molecule has 0 bridgehead atoms. The van der Waals surface area contributed by atoms with Crippen LogP contribution in [0.15, 0.2) is 12.3 Å². The largest absolute Gasteiger partial charge is 0.376 e. The number of nitrogens with zero attached hydrogens (tertiary/aromatic N) is 1. The van der Waals surface area contributed by atoms with E-state index in [-0.39, 0.29) is 0 Å². The summed E-state index contributed by atoms with van der Waals surface area (Å²) in [5.74, 6) is 0. The first-order valence-electron chi connectivity index (χ1n) is 16.1. The molecule has 0 aliphatic rings. The van der Waals surface area contributed by atoms with Gasteiger partial charge in [-0.05, 0) is 19.8 Å². The normalized spacial score (nSPS) is 11.3. The molecular formula is C33H67N. The Morgan fingerprint density at radius 2 is 0.588 bits per heavy atom. The molecule has 0 radical (unpaired) electrons. The summed E-state index contributed by atoms with van der Waals surface area (Å²) in [6, 6.07) is 0. The summed E-state index contributed by atoms with van der Waals surface area (Å²) in [6.45, 7) is 13.5. The Kier molecular flexibility index (Phi) is 28.4. The average molecular weight is 478 g/mol. The highest BCUT2D eigenvalue weighted by atomic mass is 15.1. The van der Waals surface area contributed by atoms with Crippen LogP contribution in [0.4, 0.5) is 0 Å². The van der Waals surface area contributed by atoms with Crippen molar-refractivity contribution in [3.05, 3.63) is 12.3 Å². The van der Waals surface area contributed by atoms with Crippen molar-refractivity contribution >= 4 is 0 Å². The van der Waals surface area contributed by atoms with Crippen LogP contribution in [0.5, 0.6) is 0 Å². The van der Waals surface area contributed by atoms with Gasteiger partial charge < -0.3 is 4.90 Å². The quantitative estimate of drug-likeness (QED) is 0.0968. The van der Waals surface area contributed by atoms with Crippen molar-refractivity contribution < 1.29 is 0 Å². The van der Waals surface area contributed by atoms with Gasteiger partial charge in [0.1, 0.15) is 0 Å². The monoisotopic (exact) mass is 478 g/mol. The Hall–Kier alpha value is -0.460. The van der Waals surface area contributed by atoms with Gasteiger partial charge in [0.25, 0.3) is 0 Å². The lowest BCUT2D eigenvalue weighted by atomic mass is 10.0. The van der Waals surface area contributed by atoms with Crippen molar-refractivity contribution in [1.29, 1.82) is 0 Å². The average Bonchev–Trinajstić information content (AvgIpc) is 2.83. The van der Waals surface area contributed by atoms with Gasteiger partial charge in [0, 0.05) is 18.8 Å². The van der Waals surface area contributed by atoms with Gasteiger partial charge in [-0.15, -0.1) is 0 Å². The minimum Gasteiger partial charge on any atom is -0.376 e. The standard InChI is InChI=1S/C33H67N/c1-5-7-9-11-13-15-17-19-21-23-25-27-29-31-34(33(3)4)32-30-28-26-24-22-20-18-16-14-12-10-8-6-2/h3,5-32H2,1-2,4H3. The van der Waals surface area contributed by atoms with Crippen LogP contribution >= 0.6 is 0 Å². The van der Waals surface area contributed by atoms with E-state index in [1.807, 2.05) is 0 Å². The van der Waals surface area contributed by atoms with Gasteiger partial charge in [0.2, 0.25) is 0 Å². The van der Waals surface area contributed by atoms with Gasteiger partial charge in [0.05, 0.1) is 0 Å². The molecule has 0 saturated carbocycles. The summed E-state index contributed by atoms with van der Waals surface area (Å²) in [7, 11) is 0. The summed E-state index contributed by atoms with van der Waals surface area (Å²) in [5, 5.41) is 0. The first-order valence-corrected chi connectivity index (χ1v) is 16.1. The highest BCUT2D eigenvalue weighted by Gasteiger charge is 2.04. The number of hydrogen-bond acceptors (Lipinski definition) is 1. The molecule has 0 spiro atoms. The Morgan fingerprint density at radius 1 is 0.382 bits per heavy atom. The molecular weight excluding hydrogens is 410 g/mol. The first kappa shape index (κ1) is 33.5. The molecule has 0 aliphatic heterocycles. The van der Waals surface area contributed by atoms with E-state index >= 15 is 0 Å². The molecule has 204 valence electrons. The molecule has 0 aliphatic carbocycles. The third kappa shape index (κ3) is 26.2. The lowest BCUT2D eigenvalue weighted by Crippen LogP contribution is -2.23. The number of hydrogen-bond donors (Lipinski definition) is 0. The molecule has 0 fully saturated rings. The first-order chi connectivity index (χ1) is 16.7. The second-order valence-electron chi connectivity index (χ2n) is 11.2. The van der Waals surface area contributed by atoms with E-state index in [0.29, 0.717) is 0 Å². The topological polar surface area (TPSA) is 3.24 Å². The zero-order valence-electron chi connectivity index (χ0n) is 24.5. The molecule has 0 saturated heterocycles. The molecule has 0 aromatic carbocycles. The van der Waals surface area contributed by atoms with Crippen molar-refractivity contribution in [2.24, 2.45) is 0 Å². The smallest absolute Gasteiger partial charge is 0.0174 e. The molecule has 1 nitrogen and oxygen atoms in total. The molecule has 0 heterocycles. The molecule has 0 rings (SSSR count). The Labute approximate surface area is 217 Å². The van der Waals surface area contributed by atoms with Gasteiger partial charge in [-0.2, -0.15) is 0 Å². The third-order valence-electron chi connectivity index (χ3n) is 7.60. The van der Waals surface area contributed by atoms with E-state index < -0.39 is 0 Å². The molecule has 0 aromatic heterocycles. The molecule has 0 amide bonds. The van der Waals surface area contributed by atoms with E-state index in [2.05, 4.69) is 32.3 Å². The number of rotatable bonds is 29. The second kappa shape index (κ2) is 28.8. The van der Waals surface area contributed by atoms with Crippen molar-refractivity contribution in [3.8, 4) is 0 Å². The molecule has 0 atom stereocenters. The number of unbranched alkanes of at least 4 members (excludes halogenated alkanes) is 24. The fourth-order valence-electron chi connectivity index (χ4n) is 5.13. The zero-order chi connectivity index (χ0) is 25.0. The summed E-state index contributed by atoms with van der Waals surface area (Å²) in [6.07, 6.45) is 37.3. The van der Waals surface area contributed by atoms with Crippen molar-refractivity contribution in [1.82, 2.24) is 4.90 Å². The van der Waals surface area contributed by atoms with Crippen LogP contribution in [0.25, 0.3) is 0 Å². The molecule has 0 N–H and O–H groups in total. The Bertz CT molecular complexity index is 358. The van der Waals surface area contributed by atoms with Crippen molar-refractivity contribution in [2.45, 2.75) is 188 Å². The summed E-state index contributed by atoms with van der Waals surface area (Å²) in [5.41, 5.74) is 1.28. The Morgan fingerprint density at radius 3 is 0.794 bits per heavy atom. The second-order valence-corrected chi connectivity index (χ2v) is 11.2. The predicted molar refractivity (Wildman–Crippen MR) is 158 cm³/mol. The van der Waals surface area contributed by atoms with Crippen LogP contribution in [0.1, 0.15) is 188 Å². The van der Waals surface area contributed by atoms with E-state index in [0.717, 1.165) is 0 Å². The van der Waals surface area contributed by atoms with Crippen LogP contribution in [-0.4, -0.2) is 18.0 Å². The SMILES string of the molecule is C=C(C)N(CCCCCCCCCCCCCCC)CCCCCCCCCCCCCCC. The third-order valence-corrected chi connectivity index (χ3v) is 7.60. The summed E-state index contributed by atoms with van der Waals surface area (Å²) in [4.78, 5) is 2.55. The van der Waals surface area contributed by atoms with Gasteiger partial charge in [0.15, 0.2) is 0 Å². The van der Waals surface area contributed by atoms with Gasteiger partial charge in [-0.25, -0.2) is 0 Å². The zero-order valence-corrected chi connectivity index (χ0v) is 24.5. The lowest BCUT2D eigenvalue weighted by molar-refractivity contribution is 0.324. The van der Waals surface area contributed by atoms with Crippen LogP contribution < -0.4 is 0 Å². The van der Waals surface area contributed by atoms with Crippen LogP contribution in [-0.2, 0) is 0 Å². The highest BCUT2D eigenvalue weighted by Crippen LogP contribution is 2.15. The maximum absolute atomic E-state index is 4.24. The fraction of sp³-hybridized carbons (Fsp3) is 0.939. The van der Waals surface area contributed by atoms with Gasteiger partial charge in [-0.3, -0.25) is 0 Å². The molecule has 1 heteroatoms. The van der Waals surface area contributed by atoms with E-state index in [9.17, 15) is 0 Å². The summed E-state index contributed by atoms with van der Waals surface area (Å²) < 4.78 is 0. The highest BCUT2D eigenvalue weighted by molar-refractivity contribution is 4.88. The Balaban J connectivity index is 3.41. The predicted octanol–water partition coefficient (Wildman–Crippen LogP) is 12.0. The number of allylic oxidation sites excluding steroid dienone is 1. The van der Waals surface area contributed by atoms with Crippen LogP contribution in [0.3, 0.4) is 0 Å².